The molecular formula is C18H30N4O5. The number of rotatable bonds is 10. The third kappa shape index (κ3) is 9.74. The van der Waals surface area contributed by atoms with Crippen LogP contribution in [0.4, 0.5) is 4.79 Å². The zero-order chi connectivity index (χ0) is 20.2. The normalized spacial score (nSPS) is 17.3. The van der Waals surface area contributed by atoms with E-state index >= 15 is 0 Å². The number of ether oxygens (including phenoxy) is 1. The minimum absolute atomic E-state index is 0.0926. The third-order valence-electron chi connectivity index (χ3n) is 4.23. The molecule has 0 bridgehead atoms. The van der Waals surface area contributed by atoms with Gasteiger partial charge in [0, 0.05) is 24.7 Å². The number of unbranched alkanes of at least 4 members (excludes halogenated alkanes) is 1. The number of aromatic amines is 1. The molecule has 2 rings (SSSR count). The van der Waals surface area contributed by atoms with Crippen LogP contribution in [-0.4, -0.2) is 51.6 Å². The van der Waals surface area contributed by atoms with Crippen molar-refractivity contribution >= 4 is 17.8 Å². The van der Waals surface area contributed by atoms with Crippen LogP contribution in [-0.2, 0) is 20.7 Å². The molecule has 1 aromatic heterocycles. The van der Waals surface area contributed by atoms with Crippen LogP contribution in [0, 0.1) is 5.92 Å². The van der Waals surface area contributed by atoms with Gasteiger partial charge in [0.15, 0.2) is 5.78 Å². The summed E-state index contributed by atoms with van der Waals surface area (Å²) in [5.74, 6) is -0.463. The van der Waals surface area contributed by atoms with Crippen molar-refractivity contribution in [1.29, 1.82) is 0 Å². The Morgan fingerprint density at radius 1 is 1.48 bits per heavy atom. The number of hydrogen-bond acceptors (Lipinski definition) is 6. The number of alkyl carbamates (subject to hydrolysis) is 1. The molecule has 1 aliphatic carbocycles. The fourth-order valence-electron chi connectivity index (χ4n) is 2.27. The molecule has 1 fully saturated rings. The summed E-state index contributed by atoms with van der Waals surface area (Å²) in [7, 11) is 0. The van der Waals surface area contributed by atoms with Gasteiger partial charge in [-0.3, -0.25) is 9.59 Å². The van der Waals surface area contributed by atoms with Gasteiger partial charge in [0.2, 0.25) is 0 Å². The number of carboxylic acids is 1. The zero-order valence-electron chi connectivity index (χ0n) is 15.9. The van der Waals surface area contributed by atoms with Crippen LogP contribution in [0.2, 0.25) is 0 Å². The number of aromatic nitrogens is 2. The Hall–Kier alpha value is -2.42. The largest absolute Gasteiger partial charge is 0.480 e. The highest BCUT2D eigenvalue weighted by Crippen LogP contribution is 2.15. The van der Waals surface area contributed by atoms with Crippen molar-refractivity contribution in [3.63, 3.8) is 0 Å². The molecule has 152 valence electrons. The molecule has 0 saturated heterocycles. The quantitative estimate of drug-likeness (QED) is 0.481. The lowest BCUT2D eigenvalue weighted by molar-refractivity contribution is -0.138. The highest BCUT2D eigenvalue weighted by atomic mass is 16.5. The number of carboxylic acid groups (broad SMARTS) is 1. The van der Waals surface area contributed by atoms with E-state index < -0.39 is 18.1 Å². The Morgan fingerprint density at radius 2 is 2.19 bits per heavy atom. The summed E-state index contributed by atoms with van der Waals surface area (Å²) in [6.07, 6.45) is 7.80. The van der Waals surface area contributed by atoms with Crippen molar-refractivity contribution in [2.75, 3.05) is 6.61 Å². The lowest BCUT2D eigenvalue weighted by Gasteiger charge is -2.14. The Labute approximate surface area is 159 Å². The van der Waals surface area contributed by atoms with Gasteiger partial charge in [-0.25, -0.2) is 9.78 Å². The summed E-state index contributed by atoms with van der Waals surface area (Å²) >= 11 is 0. The number of Topliss-reactive ketones (excluding diaryl/α,β-unsaturated/α-hetero) is 1. The van der Waals surface area contributed by atoms with Gasteiger partial charge in [-0.15, -0.1) is 0 Å². The molecule has 0 radical (unpaired) electrons. The number of nitrogens with zero attached hydrogens (tertiary/aromatic N) is 1. The SMILES string of the molecule is CCCCC(CC)COC(=O)NC1CC1=O.N[C@@H](Cc1cnc[nH]1)C(=O)O. The van der Waals surface area contributed by atoms with Gasteiger partial charge >= 0.3 is 12.1 Å². The Kier molecular flexibility index (Phi) is 10.1. The van der Waals surface area contributed by atoms with Gasteiger partial charge in [0.1, 0.15) is 6.04 Å². The Balaban J connectivity index is 0.000000289. The number of hydrogen-bond donors (Lipinski definition) is 4. The molecule has 1 aromatic rings. The lowest BCUT2D eigenvalue weighted by atomic mass is 10.0. The van der Waals surface area contributed by atoms with Crippen molar-refractivity contribution in [2.45, 2.75) is 64.5 Å². The Morgan fingerprint density at radius 3 is 2.67 bits per heavy atom. The van der Waals surface area contributed by atoms with E-state index in [1.165, 1.54) is 19.2 Å². The van der Waals surface area contributed by atoms with Crippen LogP contribution in [0.5, 0.6) is 0 Å². The van der Waals surface area contributed by atoms with Crippen LogP contribution >= 0.6 is 0 Å². The highest BCUT2D eigenvalue weighted by Gasteiger charge is 2.36. The van der Waals surface area contributed by atoms with Gasteiger partial charge in [0.05, 0.1) is 19.0 Å². The first-order valence-corrected chi connectivity index (χ1v) is 9.28. The molecule has 5 N–H and O–H groups in total. The minimum Gasteiger partial charge on any atom is -0.480 e. The number of nitrogens with two attached hydrogens (primary N) is 1. The van der Waals surface area contributed by atoms with Gasteiger partial charge < -0.3 is 25.9 Å². The first-order valence-electron chi connectivity index (χ1n) is 9.28. The van der Waals surface area contributed by atoms with E-state index in [0.717, 1.165) is 18.5 Å². The zero-order valence-corrected chi connectivity index (χ0v) is 15.9. The smallest absolute Gasteiger partial charge is 0.407 e. The predicted octanol–water partition coefficient (Wildman–Crippen LogP) is 1.63. The van der Waals surface area contributed by atoms with Crippen molar-refractivity contribution in [3.8, 4) is 0 Å². The maximum absolute atomic E-state index is 11.2. The van der Waals surface area contributed by atoms with Gasteiger partial charge in [-0.2, -0.15) is 0 Å². The molecule has 1 amide bonds. The summed E-state index contributed by atoms with van der Waals surface area (Å²) in [5, 5.41) is 10.9. The van der Waals surface area contributed by atoms with Crippen molar-refractivity contribution in [2.24, 2.45) is 11.7 Å². The average molecular weight is 382 g/mol. The number of H-pyrrole nitrogens is 1. The molecule has 27 heavy (non-hydrogen) atoms. The number of carbonyl (C=O) groups is 3. The highest BCUT2D eigenvalue weighted by molar-refractivity contribution is 6.02. The second kappa shape index (κ2) is 12.1. The predicted molar refractivity (Wildman–Crippen MR) is 99.1 cm³/mol. The number of aliphatic carboxylic acids is 1. The van der Waals surface area contributed by atoms with Gasteiger partial charge in [0.25, 0.3) is 0 Å². The average Bonchev–Trinajstić information content (AvgIpc) is 3.09. The number of ketones is 1. The standard InChI is InChI=1S/C12H21NO3.C6H9N3O2/c1-3-5-6-9(4-2)8-16-12(15)13-10-7-11(10)14;7-5(6(10)11)1-4-2-8-3-9-4/h9-10H,3-8H2,1-2H3,(H,13,15);2-3,5H,1,7H2,(H,8,9)(H,10,11)/t;5-/m.0/s1. The Bertz CT molecular complexity index is 591. The lowest BCUT2D eigenvalue weighted by Crippen LogP contribution is -2.32. The molecule has 0 aromatic carbocycles. The van der Waals surface area contributed by atoms with Gasteiger partial charge in [-0.1, -0.05) is 33.1 Å². The summed E-state index contributed by atoms with van der Waals surface area (Å²) in [6.45, 7) is 4.72. The van der Waals surface area contributed by atoms with E-state index in [-0.39, 0.29) is 18.2 Å². The summed E-state index contributed by atoms with van der Waals surface area (Å²) in [4.78, 5) is 38.7. The second-order valence-corrected chi connectivity index (χ2v) is 6.61. The van der Waals surface area contributed by atoms with Crippen molar-refractivity contribution in [1.82, 2.24) is 15.3 Å². The molecule has 1 aliphatic rings. The topological polar surface area (TPSA) is 147 Å². The van der Waals surface area contributed by atoms with Crippen LogP contribution < -0.4 is 11.1 Å². The molecule has 9 nitrogen and oxygen atoms in total. The summed E-state index contributed by atoms with van der Waals surface area (Å²) in [5.41, 5.74) is 6.00. The number of carbonyl (C=O) groups excluding carboxylic acids is 2. The maximum Gasteiger partial charge on any atom is 0.407 e. The van der Waals surface area contributed by atoms with Crippen LogP contribution in [0.1, 0.15) is 51.6 Å². The molecular weight excluding hydrogens is 352 g/mol. The second-order valence-electron chi connectivity index (χ2n) is 6.61. The number of amides is 1. The van der Waals surface area contributed by atoms with E-state index in [1.807, 2.05) is 0 Å². The number of nitrogens with one attached hydrogen (secondary N) is 2. The molecule has 0 aliphatic heterocycles. The monoisotopic (exact) mass is 382 g/mol. The summed E-state index contributed by atoms with van der Waals surface area (Å²) in [6, 6.07) is -1.13. The van der Waals surface area contributed by atoms with E-state index in [0.29, 0.717) is 18.9 Å². The molecule has 0 spiro atoms. The van der Waals surface area contributed by atoms with E-state index in [9.17, 15) is 14.4 Å². The first-order chi connectivity index (χ1) is 12.9. The number of imidazole rings is 1. The maximum atomic E-state index is 11.2. The fourth-order valence-corrected chi connectivity index (χ4v) is 2.27. The van der Waals surface area contributed by atoms with Crippen LogP contribution in [0.25, 0.3) is 0 Å². The molecule has 2 unspecified atom stereocenters. The molecule has 3 atom stereocenters. The molecule has 1 saturated carbocycles. The van der Waals surface area contributed by atoms with Gasteiger partial charge in [-0.05, 0) is 12.3 Å². The van der Waals surface area contributed by atoms with E-state index in [4.69, 9.17) is 15.6 Å². The fraction of sp³-hybridized carbons (Fsp3) is 0.667. The van der Waals surface area contributed by atoms with Crippen molar-refractivity contribution < 1.29 is 24.2 Å². The van der Waals surface area contributed by atoms with E-state index in [1.54, 1.807) is 6.20 Å². The van der Waals surface area contributed by atoms with Crippen molar-refractivity contribution in [3.05, 3.63) is 18.2 Å². The summed E-state index contributed by atoms with van der Waals surface area (Å²) < 4.78 is 5.09. The minimum atomic E-state index is -1.00. The molecule has 9 heteroatoms. The van der Waals surface area contributed by atoms with Crippen LogP contribution in [0.15, 0.2) is 12.5 Å². The first kappa shape index (κ1) is 22.6. The molecule has 1 heterocycles. The third-order valence-corrected chi connectivity index (χ3v) is 4.23. The van der Waals surface area contributed by atoms with E-state index in [2.05, 4.69) is 29.1 Å². The van der Waals surface area contributed by atoms with Crippen LogP contribution in [0.3, 0.4) is 0 Å².